The van der Waals surface area contributed by atoms with Gasteiger partial charge >= 0.3 is 0 Å². The molecule has 2 aliphatic rings. The van der Waals surface area contributed by atoms with Crippen molar-refractivity contribution in [1.29, 1.82) is 0 Å². The van der Waals surface area contributed by atoms with Gasteiger partial charge in [0.2, 0.25) is 5.91 Å². The second-order valence-corrected chi connectivity index (χ2v) is 5.43. The molecule has 0 saturated carbocycles. The van der Waals surface area contributed by atoms with Crippen LogP contribution in [-0.4, -0.2) is 35.1 Å². The highest BCUT2D eigenvalue weighted by Gasteiger charge is 2.45. The van der Waals surface area contributed by atoms with Gasteiger partial charge in [0.25, 0.3) is 0 Å². The number of hydrogen-bond donors (Lipinski definition) is 0. The van der Waals surface area contributed by atoms with Crippen molar-refractivity contribution in [3.8, 4) is 0 Å². The van der Waals surface area contributed by atoms with E-state index in [-0.39, 0.29) is 5.91 Å². The van der Waals surface area contributed by atoms with Crippen LogP contribution in [0.15, 0.2) is 12.2 Å². The lowest BCUT2D eigenvalue weighted by Crippen LogP contribution is -2.53. The third kappa shape index (κ3) is 1.69. The first-order valence-electron chi connectivity index (χ1n) is 5.69. The summed E-state index contributed by atoms with van der Waals surface area (Å²) < 4.78 is 0. The molecule has 0 aromatic carbocycles. The minimum Gasteiger partial charge on any atom is -0.275 e. The summed E-state index contributed by atoms with van der Waals surface area (Å²) in [7, 11) is 0. The van der Waals surface area contributed by atoms with Gasteiger partial charge in [0.15, 0.2) is 0 Å². The van der Waals surface area contributed by atoms with Crippen LogP contribution in [0.5, 0.6) is 0 Å². The molecule has 0 spiro atoms. The third-order valence-electron chi connectivity index (χ3n) is 3.44. The van der Waals surface area contributed by atoms with Crippen LogP contribution in [0.4, 0.5) is 0 Å². The van der Waals surface area contributed by atoms with Crippen molar-refractivity contribution in [2.24, 2.45) is 5.41 Å². The van der Waals surface area contributed by atoms with Crippen LogP contribution in [0.1, 0.15) is 33.6 Å². The smallest absolute Gasteiger partial charge is 0.241 e. The number of hydrazine groups is 1. The van der Waals surface area contributed by atoms with Crippen LogP contribution in [0, 0.1) is 5.41 Å². The molecule has 0 N–H and O–H groups in total. The largest absolute Gasteiger partial charge is 0.275 e. The number of rotatable bonds is 1. The van der Waals surface area contributed by atoms with Crippen LogP contribution in [0.25, 0.3) is 0 Å². The van der Waals surface area contributed by atoms with Crippen molar-refractivity contribution in [2.45, 2.75) is 39.7 Å². The molecule has 1 unspecified atom stereocenters. The molecule has 84 valence electrons. The Morgan fingerprint density at radius 1 is 1.53 bits per heavy atom. The molecule has 0 aromatic heterocycles. The van der Waals surface area contributed by atoms with Crippen molar-refractivity contribution in [3.05, 3.63) is 12.2 Å². The third-order valence-corrected chi connectivity index (χ3v) is 3.44. The van der Waals surface area contributed by atoms with Gasteiger partial charge in [-0.2, -0.15) is 0 Å². The first-order chi connectivity index (χ1) is 6.94. The predicted octanol–water partition coefficient (Wildman–Crippen LogP) is 1.81. The van der Waals surface area contributed by atoms with Crippen molar-refractivity contribution in [1.82, 2.24) is 10.0 Å². The van der Waals surface area contributed by atoms with Crippen molar-refractivity contribution < 1.29 is 4.79 Å². The quantitative estimate of drug-likeness (QED) is 0.614. The van der Waals surface area contributed by atoms with E-state index in [0.717, 1.165) is 25.1 Å². The van der Waals surface area contributed by atoms with Crippen molar-refractivity contribution in [3.63, 3.8) is 0 Å². The molecule has 3 nitrogen and oxygen atoms in total. The molecule has 2 rings (SSSR count). The SMILES string of the molecule is C=C1CC(=O)N(CC)N2CC(C)(C)CC12. The Balaban J connectivity index is 2.26. The zero-order valence-corrected chi connectivity index (χ0v) is 9.92. The van der Waals surface area contributed by atoms with E-state index in [1.165, 1.54) is 0 Å². The Labute approximate surface area is 91.7 Å². The molecule has 2 saturated heterocycles. The summed E-state index contributed by atoms with van der Waals surface area (Å²) in [5.74, 6) is 0.205. The Morgan fingerprint density at radius 2 is 2.20 bits per heavy atom. The summed E-state index contributed by atoms with van der Waals surface area (Å²) in [5.41, 5.74) is 1.39. The van der Waals surface area contributed by atoms with Crippen LogP contribution >= 0.6 is 0 Å². The van der Waals surface area contributed by atoms with Gasteiger partial charge in [0.1, 0.15) is 0 Å². The van der Waals surface area contributed by atoms with Gasteiger partial charge < -0.3 is 0 Å². The van der Waals surface area contributed by atoms with Gasteiger partial charge in [-0.3, -0.25) is 9.80 Å². The molecular weight excluding hydrogens is 188 g/mol. The van der Waals surface area contributed by atoms with Crippen molar-refractivity contribution in [2.75, 3.05) is 13.1 Å². The molecule has 15 heavy (non-hydrogen) atoms. The van der Waals surface area contributed by atoms with Gasteiger partial charge in [-0.25, -0.2) is 5.01 Å². The number of nitrogens with zero attached hydrogens (tertiary/aromatic N) is 2. The van der Waals surface area contributed by atoms with E-state index in [4.69, 9.17) is 0 Å². The molecule has 3 heteroatoms. The first kappa shape index (κ1) is 10.7. The van der Waals surface area contributed by atoms with E-state index in [1.54, 1.807) is 0 Å². The van der Waals surface area contributed by atoms with Crippen molar-refractivity contribution >= 4 is 5.91 Å². The maximum atomic E-state index is 11.8. The van der Waals surface area contributed by atoms with Gasteiger partial charge in [-0.05, 0) is 24.3 Å². The molecular formula is C12H20N2O. The summed E-state index contributed by atoms with van der Waals surface area (Å²) in [6, 6.07) is 0.387. The summed E-state index contributed by atoms with van der Waals surface area (Å²) in [6.45, 7) is 12.4. The van der Waals surface area contributed by atoms with Gasteiger partial charge in [-0.15, -0.1) is 0 Å². The second-order valence-electron chi connectivity index (χ2n) is 5.43. The molecule has 2 heterocycles. The van der Waals surface area contributed by atoms with E-state index >= 15 is 0 Å². The molecule has 0 bridgehead atoms. The fourth-order valence-electron chi connectivity index (χ4n) is 2.76. The first-order valence-corrected chi connectivity index (χ1v) is 5.69. The van der Waals surface area contributed by atoms with Crippen LogP contribution in [0.2, 0.25) is 0 Å². The maximum absolute atomic E-state index is 11.8. The summed E-state index contributed by atoms with van der Waals surface area (Å²) in [4.78, 5) is 11.8. The number of hydrogen-bond acceptors (Lipinski definition) is 2. The molecule has 2 aliphatic heterocycles. The highest BCUT2D eigenvalue weighted by Crippen LogP contribution is 2.40. The zero-order chi connectivity index (χ0) is 11.2. The lowest BCUT2D eigenvalue weighted by atomic mass is 9.88. The highest BCUT2D eigenvalue weighted by atomic mass is 16.2. The van der Waals surface area contributed by atoms with Crippen LogP contribution in [-0.2, 0) is 4.79 Å². The summed E-state index contributed by atoms with van der Waals surface area (Å²) in [5, 5.41) is 4.11. The Bertz CT molecular complexity index is 309. The fourth-order valence-corrected chi connectivity index (χ4v) is 2.76. The van der Waals surface area contributed by atoms with E-state index in [1.807, 2.05) is 11.9 Å². The van der Waals surface area contributed by atoms with Crippen LogP contribution < -0.4 is 0 Å². The molecule has 0 aliphatic carbocycles. The zero-order valence-electron chi connectivity index (χ0n) is 9.92. The standard InChI is InChI=1S/C12H20N2O/c1-5-13-11(15)6-9(2)10-7-12(3,4)8-14(10)13/h10H,2,5-8H2,1,3-4H3. The second kappa shape index (κ2) is 3.34. The molecule has 1 amide bonds. The molecule has 0 aromatic rings. The topological polar surface area (TPSA) is 23.6 Å². The predicted molar refractivity (Wildman–Crippen MR) is 60.0 cm³/mol. The van der Waals surface area contributed by atoms with E-state index in [2.05, 4.69) is 25.4 Å². The Kier molecular flexibility index (Phi) is 2.38. The average molecular weight is 208 g/mol. The number of carbonyl (C=O) groups excluding carboxylic acids is 1. The maximum Gasteiger partial charge on any atom is 0.241 e. The van der Waals surface area contributed by atoms with Gasteiger partial charge in [-0.1, -0.05) is 20.4 Å². The molecule has 1 atom stereocenters. The average Bonchev–Trinajstić information content (AvgIpc) is 2.42. The Hall–Kier alpha value is -0.830. The van der Waals surface area contributed by atoms with Gasteiger partial charge in [0, 0.05) is 13.1 Å². The van der Waals surface area contributed by atoms with Crippen LogP contribution in [0.3, 0.4) is 0 Å². The van der Waals surface area contributed by atoms with E-state index in [0.29, 0.717) is 17.9 Å². The van der Waals surface area contributed by atoms with E-state index < -0.39 is 0 Å². The normalized spacial score (nSPS) is 30.9. The lowest BCUT2D eigenvalue weighted by Gasteiger charge is -2.40. The molecule has 2 fully saturated rings. The van der Waals surface area contributed by atoms with Gasteiger partial charge in [0.05, 0.1) is 12.5 Å². The monoisotopic (exact) mass is 208 g/mol. The fraction of sp³-hybridized carbons (Fsp3) is 0.750. The highest BCUT2D eigenvalue weighted by molar-refractivity contribution is 5.79. The summed E-state index contributed by atoms with van der Waals surface area (Å²) in [6.07, 6.45) is 1.65. The number of carbonyl (C=O) groups is 1. The lowest BCUT2D eigenvalue weighted by molar-refractivity contribution is -0.153. The minimum atomic E-state index is 0.205. The summed E-state index contributed by atoms with van der Waals surface area (Å²) >= 11 is 0. The molecule has 0 radical (unpaired) electrons. The minimum absolute atomic E-state index is 0.205. The number of amides is 1. The Morgan fingerprint density at radius 3 is 2.80 bits per heavy atom. The van der Waals surface area contributed by atoms with E-state index in [9.17, 15) is 4.79 Å². The number of fused-ring (bicyclic) bond motifs is 1.